The Bertz CT molecular complexity index is 75.7. The standard InChI is InChI=1S/C3H12N5/c1-5-8(4,6-2)7-3/h6-7H,1,4H2,2-3H3/q+1. The summed E-state index contributed by atoms with van der Waals surface area (Å²) in [5.74, 6) is 5.38. The molecular weight excluding hydrogens is 106 g/mol. The van der Waals surface area contributed by atoms with Crippen LogP contribution in [0.1, 0.15) is 0 Å². The molecule has 0 aliphatic carbocycles. The van der Waals surface area contributed by atoms with Gasteiger partial charge in [-0.3, -0.25) is 0 Å². The number of hydrogen-bond acceptors (Lipinski definition) is 4. The van der Waals surface area contributed by atoms with E-state index in [1.54, 1.807) is 14.1 Å². The van der Waals surface area contributed by atoms with Crippen LogP contribution < -0.4 is 16.7 Å². The topological polar surface area (TPSA) is 62.4 Å². The van der Waals surface area contributed by atoms with Crippen molar-refractivity contribution in [2.24, 2.45) is 10.9 Å². The van der Waals surface area contributed by atoms with Gasteiger partial charge < -0.3 is 0 Å². The molecule has 0 saturated heterocycles. The van der Waals surface area contributed by atoms with Crippen molar-refractivity contribution in [1.29, 1.82) is 0 Å². The molecule has 0 heterocycles. The molecule has 0 aliphatic heterocycles. The summed E-state index contributed by atoms with van der Waals surface area (Å²) in [5, 5.41) is 3.50. The van der Waals surface area contributed by atoms with Crippen molar-refractivity contribution >= 4 is 6.72 Å². The van der Waals surface area contributed by atoms with Gasteiger partial charge in [0.05, 0.1) is 6.72 Å². The van der Waals surface area contributed by atoms with Gasteiger partial charge in [-0.05, 0) is 5.10 Å². The number of rotatable bonds is 3. The molecule has 0 fully saturated rings. The molecule has 0 atom stereocenters. The molecule has 5 heteroatoms. The smallest absolute Gasteiger partial charge is 0.0534 e. The fourth-order valence-electron chi connectivity index (χ4n) is 0.253. The maximum Gasteiger partial charge on any atom is 0.0534 e. The quantitative estimate of drug-likeness (QED) is 0.184. The second-order valence-electron chi connectivity index (χ2n) is 1.27. The minimum Gasteiger partial charge on any atom is -0.114 e. The molecule has 0 spiro atoms. The first-order valence-electron chi connectivity index (χ1n) is 2.22. The van der Waals surface area contributed by atoms with E-state index in [1.807, 2.05) is 0 Å². The molecule has 0 rings (SSSR count). The normalized spacial score (nSPS) is 11.4. The second kappa shape index (κ2) is 2.73. The third kappa shape index (κ3) is 1.55. The van der Waals surface area contributed by atoms with Gasteiger partial charge in [0.1, 0.15) is 0 Å². The number of nitrogens with zero attached hydrogens (tertiary/aromatic N) is 2. The summed E-state index contributed by atoms with van der Waals surface area (Å²) < 4.78 is 0. The SMILES string of the molecule is C=N[N+](N)(NC)NC. The van der Waals surface area contributed by atoms with Gasteiger partial charge in [0.2, 0.25) is 0 Å². The molecule has 48 valence electrons. The molecule has 0 aliphatic rings. The average Bonchev–Trinajstić information content (AvgIpc) is 1.87. The van der Waals surface area contributed by atoms with E-state index in [1.165, 1.54) is 0 Å². The number of quaternary nitrogens is 1. The highest BCUT2D eigenvalue weighted by atomic mass is 16.1. The van der Waals surface area contributed by atoms with Gasteiger partial charge in [0, 0.05) is 19.0 Å². The number of nitrogens with one attached hydrogen (secondary N) is 2. The highest BCUT2D eigenvalue weighted by molar-refractivity contribution is 5.21. The molecule has 0 aromatic rings. The highest BCUT2D eigenvalue weighted by Crippen LogP contribution is 1.78. The molecule has 0 aromatic carbocycles. The Morgan fingerprint density at radius 3 is 1.88 bits per heavy atom. The van der Waals surface area contributed by atoms with Gasteiger partial charge in [-0.25, -0.2) is 0 Å². The predicted octanol–water partition coefficient (Wildman–Crippen LogP) is -1.44. The van der Waals surface area contributed by atoms with Crippen molar-refractivity contribution < 1.29 is 4.92 Å². The van der Waals surface area contributed by atoms with Crippen molar-refractivity contribution in [2.75, 3.05) is 14.1 Å². The van der Waals surface area contributed by atoms with Crippen LogP contribution in [0, 0.1) is 0 Å². The summed E-state index contributed by atoms with van der Waals surface area (Å²) in [5.41, 5.74) is 5.31. The van der Waals surface area contributed by atoms with Gasteiger partial charge in [-0.2, -0.15) is 0 Å². The van der Waals surface area contributed by atoms with Crippen LogP contribution in [0.4, 0.5) is 0 Å². The first-order valence-corrected chi connectivity index (χ1v) is 2.22. The van der Waals surface area contributed by atoms with Crippen LogP contribution in [0.3, 0.4) is 0 Å². The zero-order valence-corrected chi connectivity index (χ0v) is 5.18. The molecule has 0 saturated carbocycles. The first kappa shape index (κ1) is 7.51. The van der Waals surface area contributed by atoms with Crippen molar-refractivity contribution in [3.8, 4) is 0 Å². The molecule has 0 unspecified atom stereocenters. The lowest BCUT2D eigenvalue weighted by atomic mass is 11.4. The monoisotopic (exact) mass is 118 g/mol. The fraction of sp³-hybridized carbons (Fsp3) is 0.667. The van der Waals surface area contributed by atoms with Crippen molar-refractivity contribution in [3.63, 3.8) is 0 Å². The van der Waals surface area contributed by atoms with Crippen molar-refractivity contribution in [2.45, 2.75) is 0 Å². The summed E-state index contributed by atoms with van der Waals surface area (Å²) in [7, 11) is 3.34. The van der Waals surface area contributed by atoms with E-state index in [9.17, 15) is 0 Å². The Morgan fingerprint density at radius 1 is 1.50 bits per heavy atom. The lowest BCUT2D eigenvalue weighted by molar-refractivity contribution is -1.02. The van der Waals surface area contributed by atoms with Crippen LogP contribution in [-0.2, 0) is 0 Å². The Balaban J connectivity index is 3.76. The number of hydrogen-bond donors (Lipinski definition) is 3. The zero-order chi connectivity index (χ0) is 6.62. The lowest BCUT2D eigenvalue weighted by Crippen LogP contribution is -2.64. The molecular formula is C3H12N5+. The fourth-order valence-corrected chi connectivity index (χ4v) is 0.253. The predicted molar refractivity (Wildman–Crippen MR) is 32.1 cm³/mol. The van der Waals surface area contributed by atoms with E-state index in [-0.39, 0.29) is 4.92 Å². The van der Waals surface area contributed by atoms with E-state index in [2.05, 4.69) is 22.7 Å². The largest absolute Gasteiger partial charge is 0.114 e. The van der Waals surface area contributed by atoms with Gasteiger partial charge in [-0.15, -0.1) is 16.7 Å². The molecule has 0 radical (unpaired) electrons. The maximum atomic E-state index is 5.38. The van der Waals surface area contributed by atoms with Gasteiger partial charge in [-0.1, -0.05) is 0 Å². The Morgan fingerprint density at radius 2 is 1.88 bits per heavy atom. The Labute approximate surface area is 48.7 Å². The summed E-state index contributed by atoms with van der Waals surface area (Å²) >= 11 is 0. The van der Waals surface area contributed by atoms with Crippen LogP contribution in [0.5, 0.6) is 0 Å². The van der Waals surface area contributed by atoms with E-state index in [4.69, 9.17) is 5.84 Å². The van der Waals surface area contributed by atoms with Gasteiger partial charge in [0.25, 0.3) is 0 Å². The molecule has 0 amide bonds. The van der Waals surface area contributed by atoms with Gasteiger partial charge in [0.15, 0.2) is 0 Å². The van der Waals surface area contributed by atoms with E-state index in [0.717, 1.165) is 0 Å². The minimum absolute atomic E-state index is 0.278. The summed E-state index contributed by atoms with van der Waals surface area (Å²) in [6, 6.07) is 0. The van der Waals surface area contributed by atoms with Crippen LogP contribution in [0.15, 0.2) is 5.10 Å². The zero-order valence-electron chi connectivity index (χ0n) is 5.18. The van der Waals surface area contributed by atoms with Crippen LogP contribution in [-0.4, -0.2) is 25.7 Å². The van der Waals surface area contributed by atoms with Crippen LogP contribution in [0.2, 0.25) is 0 Å². The number of nitrogens with two attached hydrogens (primary N) is 1. The molecule has 0 bridgehead atoms. The second-order valence-corrected chi connectivity index (χ2v) is 1.27. The van der Waals surface area contributed by atoms with E-state index < -0.39 is 0 Å². The van der Waals surface area contributed by atoms with Crippen molar-refractivity contribution in [1.82, 2.24) is 10.9 Å². The minimum atomic E-state index is -0.278. The lowest BCUT2D eigenvalue weighted by Gasteiger charge is -2.19. The Hall–Kier alpha value is -0.490. The third-order valence-corrected chi connectivity index (χ3v) is 0.905. The molecule has 5 nitrogen and oxygen atoms in total. The molecule has 4 N–H and O–H groups in total. The average molecular weight is 118 g/mol. The first-order chi connectivity index (χ1) is 3.68. The maximum absolute atomic E-state index is 5.38. The van der Waals surface area contributed by atoms with Gasteiger partial charge >= 0.3 is 0 Å². The summed E-state index contributed by atoms with van der Waals surface area (Å²) in [6.07, 6.45) is 0. The molecule has 8 heavy (non-hydrogen) atoms. The highest BCUT2D eigenvalue weighted by Gasteiger charge is 2.13. The van der Waals surface area contributed by atoms with E-state index >= 15 is 0 Å². The summed E-state index contributed by atoms with van der Waals surface area (Å²) in [6.45, 7) is 3.25. The third-order valence-electron chi connectivity index (χ3n) is 0.905. The van der Waals surface area contributed by atoms with Crippen LogP contribution in [0.25, 0.3) is 0 Å². The van der Waals surface area contributed by atoms with E-state index in [0.29, 0.717) is 0 Å². The Kier molecular flexibility index (Phi) is 2.56. The van der Waals surface area contributed by atoms with Crippen LogP contribution >= 0.6 is 0 Å². The molecule has 0 aromatic heterocycles. The summed E-state index contributed by atoms with van der Waals surface area (Å²) in [4.78, 5) is -0.278. The van der Waals surface area contributed by atoms with Crippen molar-refractivity contribution in [3.05, 3.63) is 0 Å².